The monoisotopic (exact) mass is 369 g/mol. The Bertz CT molecular complexity index is 853. The Labute approximate surface area is 158 Å². The van der Waals surface area contributed by atoms with E-state index in [-0.39, 0.29) is 12.6 Å². The standard InChI is InChI=1S/C20H23N3O4/c1-13-6-3-9-17(14(13)2)27-18-16(8-4-10-21-18)22-20(26)23-11-5-7-15(12-23)19(24)25/h3-4,6,8-10,15H,5,7,11-12H2,1-2H3,(H,22,26)(H,24,25). The van der Waals surface area contributed by atoms with Crippen LogP contribution in [-0.4, -0.2) is 40.1 Å². The maximum atomic E-state index is 12.6. The van der Waals surface area contributed by atoms with Gasteiger partial charge in [0.1, 0.15) is 11.4 Å². The van der Waals surface area contributed by atoms with Crippen molar-refractivity contribution in [1.29, 1.82) is 0 Å². The number of pyridine rings is 1. The third kappa shape index (κ3) is 4.36. The van der Waals surface area contributed by atoms with Gasteiger partial charge >= 0.3 is 12.0 Å². The number of aryl methyl sites for hydroxylation is 1. The highest BCUT2D eigenvalue weighted by Crippen LogP contribution is 2.30. The van der Waals surface area contributed by atoms with Crippen LogP contribution in [-0.2, 0) is 4.79 Å². The minimum atomic E-state index is -0.868. The number of benzene rings is 1. The van der Waals surface area contributed by atoms with Crippen LogP contribution in [0.5, 0.6) is 11.6 Å². The number of amides is 2. The van der Waals surface area contributed by atoms with Gasteiger partial charge in [-0.25, -0.2) is 9.78 Å². The molecule has 1 aromatic heterocycles. The lowest BCUT2D eigenvalue weighted by molar-refractivity contribution is -0.143. The van der Waals surface area contributed by atoms with Crippen molar-refractivity contribution >= 4 is 17.7 Å². The van der Waals surface area contributed by atoms with E-state index in [4.69, 9.17) is 4.74 Å². The fourth-order valence-corrected chi connectivity index (χ4v) is 3.06. The van der Waals surface area contributed by atoms with Gasteiger partial charge in [-0.3, -0.25) is 4.79 Å². The number of hydrogen-bond acceptors (Lipinski definition) is 4. The number of anilines is 1. The Hall–Kier alpha value is -3.09. The first kappa shape index (κ1) is 18.7. The van der Waals surface area contributed by atoms with Crippen LogP contribution in [0.25, 0.3) is 0 Å². The first-order chi connectivity index (χ1) is 13.0. The summed E-state index contributed by atoms with van der Waals surface area (Å²) in [6, 6.07) is 8.83. The predicted molar refractivity (Wildman–Crippen MR) is 101 cm³/mol. The number of aromatic nitrogens is 1. The molecular formula is C20H23N3O4. The van der Waals surface area contributed by atoms with Gasteiger partial charge in [-0.2, -0.15) is 0 Å². The summed E-state index contributed by atoms with van der Waals surface area (Å²) in [7, 11) is 0. The van der Waals surface area contributed by atoms with Gasteiger partial charge < -0.3 is 20.1 Å². The lowest BCUT2D eigenvalue weighted by Gasteiger charge is -2.30. The molecule has 142 valence electrons. The van der Waals surface area contributed by atoms with Gasteiger partial charge in [0.05, 0.1) is 5.92 Å². The topological polar surface area (TPSA) is 91.8 Å². The van der Waals surface area contributed by atoms with E-state index in [1.54, 1.807) is 18.3 Å². The van der Waals surface area contributed by atoms with Gasteiger partial charge in [-0.05, 0) is 56.0 Å². The van der Waals surface area contributed by atoms with E-state index in [0.717, 1.165) is 11.1 Å². The highest BCUT2D eigenvalue weighted by atomic mass is 16.5. The normalized spacial score (nSPS) is 16.7. The van der Waals surface area contributed by atoms with E-state index in [1.165, 1.54) is 4.90 Å². The lowest BCUT2D eigenvalue weighted by Crippen LogP contribution is -2.44. The summed E-state index contributed by atoms with van der Waals surface area (Å²) in [5.41, 5.74) is 2.55. The number of carbonyl (C=O) groups excluding carboxylic acids is 1. The smallest absolute Gasteiger partial charge is 0.322 e. The number of nitrogens with one attached hydrogen (secondary N) is 1. The van der Waals surface area contributed by atoms with Crippen LogP contribution < -0.4 is 10.1 Å². The fourth-order valence-electron chi connectivity index (χ4n) is 3.06. The molecule has 0 aliphatic carbocycles. The lowest BCUT2D eigenvalue weighted by atomic mass is 9.99. The van der Waals surface area contributed by atoms with E-state index in [1.807, 2.05) is 32.0 Å². The van der Waals surface area contributed by atoms with Gasteiger partial charge in [-0.1, -0.05) is 12.1 Å². The van der Waals surface area contributed by atoms with Crippen molar-refractivity contribution < 1.29 is 19.4 Å². The average Bonchev–Trinajstić information content (AvgIpc) is 2.67. The molecule has 1 saturated heterocycles. The number of likely N-dealkylation sites (tertiary alicyclic amines) is 1. The summed E-state index contributed by atoms with van der Waals surface area (Å²) >= 11 is 0. The zero-order chi connectivity index (χ0) is 19.4. The highest BCUT2D eigenvalue weighted by molar-refractivity contribution is 5.91. The number of carbonyl (C=O) groups is 2. The Morgan fingerprint density at radius 3 is 2.85 bits per heavy atom. The number of hydrogen-bond donors (Lipinski definition) is 2. The number of nitrogens with zero attached hydrogens (tertiary/aromatic N) is 2. The van der Waals surface area contributed by atoms with E-state index < -0.39 is 11.9 Å². The predicted octanol–water partition coefficient (Wildman–Crippen LogP) is 3.82. The number of rotatable bonds is 4. The minimum Gasteiger partial charge on any atom is -0.481 e. The molecule has 3 rings (SSSR count). The van der Waals surface area contributed by atoms with Crippen LogP contribution in [0.1, 0.15) is 24.0 Å². The summed E-state index contributed by atoms with van der Waals surface area (Å²) in [6.07, 6.45) is 2.85. The Morgan fingerprint density at radius 1 is 1.26 bits per heavy atom. The van der Waals surface area contributed by atoms with Crippen molar-refractivity contribution in [3.8, 4) is 11.6 Å². The summed E-state index contributed by atoms with van der Waals surface area (Å²) in [5.74, 6) is -0.420. The maximum absolute atomic E-state index is 12.6. The summed E-state index contributed by atoms with van der Waals surface area (Å²) in [4.78, 5) is 29.6. The van der Waals surface area contributed by atoms with E-state index in [0.29, 0.717) is 36.7 Å². The third-order valence-electron chi connectivity index (χ3n) is 4.83. The zero-order valence-electron chi connectivity index (χ0n) is 15.4. The first-order valence-corrected chi connectivity index (χ1v) is 8.93. The van der Waals surface area contributed by atoms with Crippen LogP contribution in [0.15, 0.2) is 36.5 Å². The van der Waals surface area contributed by atoms with E-state index >= 15 is 0 Å². The van der Waals surface area contributed by atoms with Crippen molar-refractivity contribution in [1.82, 2.24) is 9.88 Å². The Morgan fingerprint density at radius 2 is 2.07 bits per heavy atom. The molecule has 1 aromatic carbocycles. The van der Waals surface area contributed by atoms with Crippen LogP contribution in [0.4, 0.5) is 10.5 Å². The molecule has 1 aliphatic heterocycles. The average molecular weight is 369 g/mol. The van der Waals surface area contributed by atoms with Crippen LogP contribution >= 0.6 is 0 Å². The molecule has 0 spiro atoms. The van der Waals surface area contributed by atoms with E-state index in [9.17, 15) is 14.7 Å². The number of piperidine rings is 1. The van der Waals surface area contributed by atoms with Gasteiger partial charge in [0.25, 0.3) is 0 Å². The molecule has 0 radical (unpaired) electrons. The second-order valence-corrected chi connectivity index (χ2v) is 6.71. The van der Waals surface area contributed by atoms with Crippen LogP contribution in [0.2, 0.25) is 0 Å². The fraction of sp³-hybridized carbons (Fsp3) is 0.350. The van der Waals surface area contributed by atoms with E-state index in [2.05, 4.69) is 10.3 Å². The number of carboxylic acid groups (broad SMARTS) is 1. The second-order valence-electron chi connectivity index (χ2n) is 6.71. The van der Waals surface area contributed by atoms with Crippen molar-refractivity contribution in [3.63, 3.8) is 0 Å². The SMILES string of the molecule is Cc1cccc(Oc2ncccc2NC(=O)N2CCCC(C(=O)O)C2)c1C. The molecule has 0 bridgehead atoms. The molecular weight excluding hydrogens is 346 g/mol. The quantitative estimate of drug-likeness (QED) is 0.855. The Kier molecular flexibility index (Phi) is 5.59. The molecule has 1 fully saturated rings. The first-order valence-electron chi connectivity index (χ1n) is 8.93. The van der Waals surface area contributed by atoms with Gasteiger partial charge in [0, 0.05) is 19.3 Å². The number of carboxylic acids is 1. The largest absolute Gasteiger partial charge is 0.481 e. The van der Waals surface area contributed by atoms with Crippen LogP contribution in [0.3, 0.4) is 0 Å². The maximum Gasteiger partial charge on any atom is 0.322 e. The van der Waals surface area contributed by atoms with Crippen molar-refractivity contribution in [2.75, 3.05) is 18.4 Å². The molecule has 27 heavy (non-hydrogen) atoms. The third-order valence-corrected chi connectivity index (χ3v) is 4.83. The highest BCUT2D eigenvalue weighted by Gasteiger charge is 2.28. The molecule has 1 atom stereocenters. The summed E-state index contributed by atoms with van der Waals surface area (Å²) in [6.45, 7) is 4.70. The Balaban J connectivity index is 1.75. The molecule has 7 heteroatoms. The molecule has 7 nitrogen and oxygen atoms in total. The molecule has 1 aliphatic rings. The van der Waals surface area contributed by atoms with Crippen molar-refractivity contribution in [2.45, 2.75) is 26.7 Å². The number of ether oxygens (including phenoxy) is 1. The number of urea groups is 1. The molecule has 2 aromatic rings. The van der Waals surface area contributed by atoms with Crippen LogP contribution in [0, 0.1) is 19.8 Å². The summed E-state index contributed by atoms with van der Waals surface area (Å²) < 4.78 is 5.93. The summed E-state index contributed by atoms with van der Waals surface area (Å²) in [5, 5.41) is 12.0. The zero-order valence-corrected chi connectivity index (χ0v) is 15.4. The molecule has 2 heterocycles. The van der Waals surface area contributed by atoms with Gasteiger partial charge in [-0.15, -0.1) is 0 Å². The second kappa shape index (κ2) is 8.07. The molecule has 2 amide bonds. The molecule has 0 saturated carbocycles. The van der Waals surface area contributed by atoms with Crippen molar-refractivity contribution in [2.24, 2.45) is 5.92 Å². The van der Waals surface area contributed by atoms with Gasteiger partial charge in [0.15, 0.2) is 0 Å². The van der Waals surface area contributed by atoms with Gasteiger partial charge in [0.2, 0.25) is 5.88 Å². The number of aliphatic carboxylic acids is 1. The molecule has 1 unspecified atom stereocenters. The molecule has 2 N–H and O–H groups in total. The van der Waals surface area contributed by atoms with Crippen molar-refractivity contribution in [3.05, 3.63) is 47.7 Å². The minimum absolute atomic E-state index is 0.203.